The first kappa shape index (κ1) is 12.5. The van der Waals surface area contributed by atoms with Crippen molar-refractivity contribution >= 4 is 0 Å². The van der Waals surface area contributed by atoms with Crippen LogP contribution in [-0.4, -0.2) is 20.2 Å². The van der Waals surface area contributed by atoms with Crippen molar-refractivity contribution in [2.75, 3.05) is 0 Å². The minimum absolute atomic E-state index is 0.314. The summed E-state index contributed by atoms with van der Waals surface area (Å²) in [4.78, 5) is 27.4. The van der Waals surface area contributed by atoms with Crippen molar-refractivity contribution in [3.63, 3.8) is 0 Å². The molecule has 0 aromatic carbocycles. The summed E-state index contributed by atoms with van der Waals surface area (Å²) in [6.45, 7) is 5.71. The fourth-order valence-electron chi connectivity index (χ4n) is 2.41. The van der Waals surface area contributed by atoms with Gasteiger partial charge in [0.2, 0.25) is 0 Å². The van der Waals surface area contributed by atoms with Gasteiger partial charge in [-0.15, -0.1) is 11.7 Å². The average Bonchev–Trinajstić information content (AvgIpc) is 3.19. The summed E-state index contributed by atoms with van der Waals surface area (Å²) < 4.78 is 0. The number of nitrogens with zero attached hydrogens (tertiary/aromatic N) is 2. The molecule has 2 aromatic heterocycles. The standard InChI is InChI=1S/C14H14N4O2/c1-3-8-4-10(8)9-5-12(18-17-7(9)2)11-6-15-14(20)16-13(11)19/h3,5-6,8,10H,1,4H2,2H3,(H2,15,16,19,20)/t8-,10-/m0/s1. The van der Waals surface area contributed by atoms with Gasteiger partial charge >= 0.3 is 5.69 Å². The third-order valence-corrected chi connectivity index (χ3v) is 3.65. The molecule has 0 spiro atoms. The Balaban J connectivity index is 2.07. The minimum atomic E-state index is -0.534. The largest absolute Gasteiger partial charge is 0.325 e. The van der Waals surface area contributed by atoms with E-state index in [1.54, 1.807) is 0 Å². The number of aryl methyl sites for hydroxylation is 1. The summed E-state index contributed by atoms with van der Waals surface area (Å²) in [6, 6.07) is 1.87. The second kappa shape index (κ2) is 4.56. The third kappa shape index (κ3) is 2.09. The highest BCUT2D eigenvalue weighted by atomic mass is 16.2. The summed E-state index contributed by atoms with van der Waals surface area (Å²) in [6.07, 6.45) is 4.36. The molecule has 2 N–H and O–H groups in total. The Morgan fingerprint density at radius 1 is 1.40 bits per heavy atom. The maximum atomic E-state index is 11.8. The molecule has 6 nitrogen and oxygen atoms in total. The van der Waals surface area contributed by atoms with Crippen molar-refractivity contribution < 1.29 is 0 Å². The lowest BCUT2D eigenvalue weighted by Crippen LogP contribution is -2.23. The predicted octanol–water partition coefficient (Wildman–Crippen LogP) is 1.12. The molecule has 1 fully saturated rings. The summed E-state index contributed by atoms with van der Waals surface area (Å²) in [7, 11) is 0. The number of hydrogen-bond donors (Lipinski definition) is 2. The zero-order chi connectivity index (χ0) is 14.3. The van der Waals surface area contributed by atoms with Crippen LogP contribution >= 0.6 is 0 Å². The van der Waals surface area contributed by atoms with Gasteiger partial charge in [0.15, 0.2) is 0 Å². The third-order valence-electron chi connectivity index (χ3n) is 3.65. The van der Waals surface area contributed by atoms with Gasteiger partial charge in [-0.05, 0) is 36.8 Å². The minimum Gasteiger partial charge on any atom is -0.313 e. The lowest BCUT2D eigenvalue weighted by atomic mass is 10.1. The van der Waals surface area contributed by atoms with E-state index in [-0.39, 0.29) is 0 Å². The van der Waals surface area contributed by atoms with Gasteiger partial charge < -0.3 is 4.98 Å². The van der Waals surface area contributed by atoms with E-state index in [1.807, 2.05) is 19.1 Å². The van der Waals surface area contributed by atoms with E-state index >= 15 is 0 Å². The first-order valence-electron chi connectivity index (χ1n) is 6.39. The monoisotopic (exact) mass is 270 g/mol. The Labute approximate surface area is 114 Å². The topological polar surface area (TPSA) is 91.5 Å². The van der Waals surface area contributed by atoms with E-state index in [9.17, 15) is 9.59 Å². The van der Waals surface area contributed by atoms with Crippen LogP contribution in [0.15, 0.2) is 34.5 Å². The summed E-state index contributed by atoms with van der Waals surface area (Å²) >= 11 is 0. The molecular weight excluding hydrogens is 256 g/mol. The van der Waals surface area contributed by atoms with Gasteiger partial charge in [-0.3, -0.25) is 9.78 Å². The summed E-state index contributed by atoms with van der Waals surface area (Å²) in [5.74, 6) is 0.878. The lowest BCUT2D eigenvalue weighted by molar-refractivity contribution is 0.907. The van der Waals surface area contributed by atoms with Crippen LogP contribution in [0.1, 0.15) is 23.6 Å². The molecule has 2 aromatic rings. The fraction of sp³-hybridized carbons (Fsp3) is 0.286. The van der Waals surface area contributed by atoms with Crippen LogP contribution in [0.3, 0.4) is 0 Å². The number of rotatable bonds is 3. The van der Waals surface area contributed by atoms with Gasteiger partial charge in [-0.1, -0.05) is 6.08 Å². The normalized spacial score (nSPS) is 20.6. The Kier molecular flexibility index (Phi) is 2.85. The molecule has 20 heavy (non-hydrogen) atoms. The van der Waals surface area contributed by atoms with Crippen LogP contribution in [0.2, 0.25) is 0 Å². The van der Waals surface area contributed by atoms with Gasteiger partial charge in [0, 0.05) is 6.20 Å². The van der Waals surface area contributed by atoms with Crippen LogP contribution in [0.25, 0.3) is 11.3 Å². The fourth-order valence-corrected chi connectivity index (χ4v) is 2.41. The first-order valence-corrected chi connectivity index (χ1v) is 6.39. The molecule has 1 aliphatic carbocycles. The van der Waals surface area contributed by atoms with Gasteiger partial charge in [0.1, 0.15) is 5.69 Å². The van der Waals surface area contributed by atoms with E-state index < -0.39 is 11.2 Å². The van der Waals surface area contributed by atoms with Crippen molar-refractivity contribution in [2.45, 2.75) is 19.3 Å². The number of hydrogen-bond acceptors (Lipinski definition) is 4. The second-order valence-corrected chi connectivity index (χ2v) is 5.00. The summed E-state index contributed by atoms with van der Waals surface area (Å²) in [5, 5.41) is 8.16. The maximum Gasteiger partial charge on any atom is 0.325 e. The Morgan fingerprint density at radius 3 is 2.85 bits per heavy atom. The van der Waals surface area contributed by atoms with Crippen LogP contribution in [0.4, 0.5) is 0 Å². The zero-order valence-electron chi connectivity index (χ0n) is 11.0. The van der Waals surface area contributed by atoms with Gasteiger partial charge in [0.05, 0.1) is 11.3 Å². The molecular formula is C14H14N4O2. The van der Waals surface area contributed by atoms with Gasteiger partial charge in [-0.25, -0.2) is 4.79 Å². The highest BCUT2D eigenvalue weighted by Crippen LogP contribution is 2.49. The Morgan fingerprint density at radius 2 is 2.20 bits per heavy atom. The maximum absolute atomic E-state index is 11.8. The van der Waals surface area contributed by atoms with Crippen LogP contribution in [0, 0.1) is 12.8 Å². The molecule has 0 bridgehead atoms. The number of H-pyrrole nitrogens is 2. The Hall–Kier alpha value is -2.50. The SMILES string of the molecule is C=C[C@H]1C[C@@H]1c1cc(-c2c[nH]c(=O)[nH]c2=O)nnc1C. The van der Waals surface area contributed by atoms with Crippen molar-refractivity contribution in [1.82, 2.24) is 20.2 Å². The summed E-state index contributed by atoms with van der Waals surface area (Å²) in [5.41, 5.74) is 1.74. The molecule has 0 saturated heterocycles. The molecule has 0 aliphatic heterocycles. The second-order valence-electron chi connectivity index (χ2n) is 5.00. The number of nitrogens with one attached hydrogen (secondary N) is 2. The van der Waals surface area contributed by atoms with Crippen molar-refractivity contribution in [3.05, 3.63) is 57.0 Å². The van der Waals surface area contributed by atoms with Crippen LogP contribution in [0.5, 0.6) is 0 Å². The highest BCUT2D eigenvalue weighted by Gasteiger charge is 2.37. The van der Waals surface area contributed by atoms with Crippen LogP contribution < -0.4 is 11.2 Å². The van der Waals surface area contributed by atoms with Crippen molar-refractivity contribution in [1.29, 1.82) is 0 Å². The van der Waals surface area contributed by atoms with Gasteiger partial charge in [-0.2, -0.15) is 5.10 Å². The van der Waals surface area contributed by atoms with E-state index in [4.69, 9.17) is 0 Å². The molecule has 0 radical (unpaired) electrons. The molecule has 2 heterocycles. The number of allylic oxidation sites excluding steroid dienone is 1. The van der Waals surface area contributed by atoms with Gasteiger partial charge in [0.25, 0.3) is 5.56 Å². The molecule has 102 valence electrons. The van der Waals surface area contributed by atoms with E-state index in [0.29, 0.717) is 23.1 Å². The number of aromatic amines is 2. The van der Waals surface area contributed by atoms with E-state index in [1.165, 1.54) is 6.20 Å². The smallest absolute Gasteiger partial charge is 0.313 e. The van der Waals surface area contributed by atoms with E-state index in [0.717, 1.165) is 17.7 Å². The quantitative estimate of drug-likeness (QED) is 0.817. The van der Waals surface area contributed by atoms with Crippen LogP contribution in [-0.2, 0) is 0 Å². The van der Waals surface area contributed by atoms with E-state index in [2.05, 4.69) is 26.7 Å². The average molecular weight is 270 g/mol. The highest BCUT2D eigenvalue weighted by molar-refractivity contribution is 5.57. The number of aromatic nitrogens is 4. The molecule has 1 saturated carbocycles. The zero-order valence-corrected chi connectivity index (χ0v) is 11.0. The molecule has 0 amide bonds. The lowest BCUT2D eigenvalue weighted by Gasteiger charge is -2.05. The molecule has 3 rings (SSSR count). The van der Waals surface area contributed by atoms with Crippen molar-refractivity contribution in [2.24, 2.45) is 5.92 Å². The molecule has 1 aliphatic rings. The molecule has 0 unspecified atom stereocenters. The predicted molar refractivity (Wildman–Crippen MR) is 74.5 cm³/mol. The van der Waals surface area contributed by atoms with Crippen molar-refractivity contribution in [3.8, 4) is 11.3 Å². The molecule has 6 heteroatoms. The first-order chi connectivity index (χ1) is 9.60. The Bertz CT molecular complexity index is 790. The molecule has 2 atom stereocenters.